The van der Waals surface area contributed by atoms with Crippen molar-refractivity contribution < 1.29 is 13.5 Å². The molecule has 0 unspecified atom stereocenters. The largest absolute Gasteiger partial charge is 0.389 e. The summed E-state index contributed by atoms with van der Waals surface area (Å²) < 4.78 is 24.7. The molecule has 1 saturated heterocycles. The minimum atomic E-state index is -3.05. The molecule has 0 atom stereocenters. The van der Waals surface area contributed by atoms with E-state index in [1.165, 1.54) is 4.31 Å². The molecule has 2 rings (SSSR count). The van der Waals surface area contributed by atoms with E-state index in [9.17, 15) is 13.5 Å². The molecular weight excluding hydrogens is 214 g/mol. The Labute approximate surface area is 91.3 Å². The van der Waals surface area contributed by atoms with E-state index in [1.807, 2.05) is 0 Å². The summed E-state index contributed by atoms with van der Waals surface area (Å²) in [5.74, 6) is 0.253. The van der Waals surface area contributed by atoms with Gasteiger partial charge in [-0.2, -0.15) is 4.31 Å². The van der Waals surface area contributed by atoms with E-state index >= 15 is 0 Å². The van der Waals surface area contributed by atoms with Gasteiger partial charge in [0.15, 0.2) is 0 Å². The molecule has 0 radical (unpaired) electrons. The molecule has 1 aliphatic heterocycles. The fraction of sp³-hybridized carbons (Fsp3) is 1.00. The van der Waals surface area contributed by atoms with Gasteiger partial charge in [0.2, 0.25) is 10.0 Å². The van der Waals surface area contributed by atoms with Crippen LogP contribution < -0.4 is 0 Å². The van der Waals surface area contributed by atoms with Crippen LogP contribution in [0.5, 0.6) is 0 Å². The third-order valence-electron chi connectivity index (χ3n) is 3.46. The van der Waals surface area contributed by atoms with Gasteiger partial charge in [0.05, 0.1) is 11.4 Å². The van der Waals surface area contributed by atoms with Crippen LogP contribution in [-0.4, -0.2) is 42.3 Å². The first-order valence-corrected chi connectivity index (χ1v) is 7.33. The van der Waals surface area contributed by atoms with Gasteiger partial charge in [0.1, 0.15) is 0 Å². The van der Waals surface area contributed by atoms with Gasteiger partial charge >= 0.3 is 0 Å². The summed E-state index contributed by atoms with van der Waals surface area (Å²) in [6, 6.07) is 0. The molecule has 15 heavy (non-hydrogen) atoms. The molecule has 0 aromatic rings. The highest BCUT2D eigenvalue weighted by atomic mass is 32.2. The van der Waals surface area contributed by atoms with Gasteiger partial charge in [-0.15, -0.1) is 0 Å². The van der Waals surface area contributed by atoms with Crippen molar-refractivity contribution in [1.29, 1.82) is 0 Å². The first-order chi connectivity index (χ1) is 7.02. The number of rotatable bonds is 2. The fourth-order valence-corrected chi connectivity index (χ4v) is 4.16. The van der Waals surface area contributed by atoms with Crippen molar-refractivity contribution in [2.45, 2.75) is 44.1 Å². The van der Waals surface area contributed by atoms with E-state index in [2.05, 4.69) is 0 Å². The minimum absolute atomic E-state index is 0.253. The molecule has 0 aromatic carbocycles. The van der Waals surface area contributed by atoms with Gasteiger partial charge in [0, 0.05) is 13.1 Å². The summed E-state index contributed by atoms with van der Waals surface area (Å²) in [7, 11) is -3.05. The van der Waals surface area contributed by atoms with Crippen LogP contribution >= 0.6 is 0 Å². The lowest BCUT2D eigenvalue weighted by Gasteiger charge is -2.34. The van der Waals surface area contributed by atoms with Crippen molar-refractivity contribution in [2.24, 2.45) is 0 Å². The molecule has 1 saturated carbocycles. The molecule has 2 fully saturated rings. The second kappa shape index (κ2) is 4.03. The lowest BCUT2D eigenvalue weighted by atomic mass is 9.85. The topological polar surface area (TPSA) is 57.6 Å². The van der Waals surface area contributed by atoms with E-state index in [4.69, 9.17) is 0 Å². The lowest BCUT2D eigenvalue weighted by Crippen LogP contribution is -2.45. The Morgan fingerprint density at radius 3 is 2.33 bits per heavy atom. The number of β-amino-alcohol motifs (C(OH)–C–C–N with tert-alkyl or cyclic N) is 1. The molecule has 1 aliphatic carbocycles. The van der Waals surface area contributed by atoms with Crippen LogP contribution in [0.2, 0.25) is 0 Å². The number of hydrogen-bond acceptors (Lipinski definition) is 3. The number of nitrogens with zero attached hydrogens (tertiary/aromatic N) is 1. The van der Waals surface area contributed by atoms with Crippen LogP contribution in [0.15, 0.2) is 0 Å². The fourth-order valence-electron chi connectivity index (χ4n) is 2.57. The first-order valence-electron chi connectivity index (χ1n) is 5.72. The molecule has 0 bridgehead atoms. The number of aliphatic hydroxyl groups is 1. The van der Waals surface area contributed by atoms with E-state index in [-0.39, 0.29) is 5.75 Å². The lowest BCUT2D eigenvalue weighted by molar-refractivity contribution is -0.00925. The Balaban J connectivity index is 2.01. The molecular formula is C10H19NO3S. The molecule has 0 amide bonds. The van der Waals surface area contributed by atoms with Crippen LogP contribution in [0.1, 0.15) is 38.5 Å². The van der Waals surface area contributed by atoms with E-state index in [0.29, 0.717) is 19.5 Å². The van der Waals surface area contributed by atoms with Gasteiger partial charge in [0.25, 0.3) is 0 Å². The molecule has 5 heteroatoms. The normalized spacial score (nSPS) is 30.5. The molecule has 1 N–H and O–H groups in total. The minimum Gasteiger partial charge on any atom is -0.389 e. The van der Waals surface area contributed by atoms with Gasteiger partial charge in [-0.1, -0.05) is 19.3 Å². The standard InChI is InChI=1S/C10H19NO3S/c12-10(5-2-1-3-6-10)9-11-7-4-8-15(11,13)14/h12H,1-9H2. The highest BCUT2D eigenvalue weighted by Gasteiger charge is 2.37. The molecule has 0 aromatic heterocycles. The second-order valence-electron chi connectivity index (χ2n) is 4.79. The average molecular weight is 233 g/mol. The zero-order valence-electron chi connectivity index (χ0n) is 8.98. The zero-order chi connectivity index (χ0) is 10.9. The predicted molar refractivity (Wildman–Crippen MR) is 58.0 cm³/mol. The third-order valence-corrected chi connectivity index (χ3v) is 5.36. The Bertz CT molecular complexity index is 320. The average Bonchev–Trinajstić information content (AvgIpc) is 2.46. The maximum Gasteiger partial charge on any atom is 0.214 e. The van der Waals surface area contributed by atoms with Crippen LogP contribution in [0.25, 0.3) is 0 Å². The summed E-state index contributed by atoms with van der Waals surface area (Å²) in [4.78, 5) is 0. The van der Waals surface area contributed by atoms with Gasteiger partial charge in [-0.3, -0.25) is 0 Å². The van der Waals surface area contributed by atoms with Gasteiger partial charge in [-0.05, 0) is 19.3 Å². The molecule has 88 valence electrons. The Hall–Kier alpha value is -0.130. The zero-order valence-corrected chi connectivity index (χ0v) is 9.80. The maximum absolute atomic E-state index is 11.6. The van der Waals surface area contributed by atoms with E-state index in [0.717, 1.165) is 32.1 Å². The van der Waals surface area contributed by atoms with Crippen LogP contribution in [-0.2, 0) is 10.0 Å². The summed E-state index contributed by atoms with van der Waals surface area (Å²) in [6.07, 6.45) is 5.40. The van der Waals surface area contributed by atoms with Crippen molar-refractivity contribution in [3.63, 3.8) is 0 Å². The SMILES string of the molecule is O=S1(=O)CCCN1CC1(O)CCCCC1. The van der Waals surface area contributed by atoms with E-state index in [1.54, 1.807) is 0 Å². The monoisotopic (exact) mass is 233 g/mol. The van der Waals surface area contributed by atoms with Gasteiger partial charge < -0.3 is 5.11 Å². The van der Waals surface area contributed by atoms with Crippen molar-refractivity contribution in [3.05, 3.63) is 0 Å². The van der Waals surface area contributed by atoms with Crippen LogP contribution in [0.3, 0.4) is 0 Å². The smallest absolute Gasteiger partial charge is 0.214 e. The summed E-state index contributed by atoms with van der Waals surface area (Å²) in [5, 5.41) is 10.3. The summed E-state index contributed by atoms with van der Waals surface area (Å²) in [5.41, 5.74) is -0.754. The number of sulfonamides is 1. The van der Waals surface area contributed by atoms with Gasteiger partial charge in [-0.25, -0.2) is 8.42 Å². The second-order valence-corrected chi connectivity index (χ2v) is 6.88. The highest BCUT2D eigenvalue weighted by Crippen LogP contribution is 2.30. The van der Waals surface area contributed by atoms with Crippen LogP contribution in [0.4, 0.5) is 0 Å². The number of hydrogen-bond donors (Lipinski definition) is 1. The Morgan fingerprint density at radius 2 is 1.80 bits per heavy atom. The summed E-state index contributed by atoms with van der Waals surface area (Å²) >= 11 is 0. The van der Waals surface area contributed by atoms with Crippen molar-refractivity contribution in [3.8, 4) is 0 Å². The van der Waals surface area contributed by atoms with Crippen molar-refractivity contribution in [1.82, 2.24) is 4.31 Å². The Morgan fingerprint density at radius 1 is 1.13 bits per heavy atom. The maximum atomic E-state index is 11.6. The molecule has 4 nitrogen and oxygen atoms in total. The molecule has 0 spiro atoms. The van der Waals surface area contributed by atoms with E-state index < -0.39 is 15.6 Å². The Kier molecular flexibility index (Phi) is 3.05. The van der Waals surface area contributed by atoms with Crippen molar-refractivity contribution in [2.75, 3.05) is 18.8 Å². The predicted octanol–water partition coefficient (Wildman–Crippen LogP) is 0.717. The van der Waals surface area contributed by atoms with Crippen molar-refractivity contribution >= 4 is 10.0 Å². The molecule has 1 heterocycles. The summed E-state index contributed by atoms with van der Waals surface area (Å²) in [6.45, 7) is 0.903. The first kappa shape index (κ1) is 11.4. The highest BCUT2D eigenvalue weighted by molar-refractivity contribution is 7.89. The van der Waals surface area contributed by atoms with Crippen LogP contribution in [0, 0.1) is 0 Å². The quantitative estimate of drug-likeness (QED) is 0.764. The molecule has 2 aliphatic rings. The third kappa shape index (κ3) is 2.52.